The molecule has 0 bridgehead atoms. The number of unbranched alkanes of at least 4 members (excludes halogenated alkanes) is 1. The molecule has 1 aliphatic rings. The number of rotatable bonds is 22. The number of ketones is 1. The van der Waals surface area contributed by atoms with Crippen LogP contribution in [0.2, 0.25) is 0 Å². The molecule has 0 spiro atoms. The third kappa shape index (κ3) is 12.6. The quantitative estimate of drug-likeness (QED) is 0.0352. The van der Waals surface area contributed by atoms with Crippen LogP contribution < -0.4 is 32.7 Å². The van der Waals surface area contributed by atoms with Gasteiger partial charge >= 0.3 is 18.2 Å². The van der Waals surface area contributed by atoms with Crippen LogP contribution in [0.4, 0.5) is 25.9 Å². The van der Waals surface area contributed by atoms with Crippen molar-refractivity contribution in [3.05, 3.63) is 155 Å². The highest BCUT2D eigenvalue weighted by Crippen LogP contribution is 2.44. The minimum Gasteiger partial charge on any atom is -0.449 e. The molecule has 2 heterocycles. The molecule has 378 valence electrons. The van der Waals surface area contributed by atoms with Gasteiger partial charge in [-0.15, -0.1) is 0 Å². The number of fused-ring (bicyclic) bond motifs is 6. The summed E-state index contributed by atoms with van der Waals surface area (Å²) in [6.07, 6.45) is 2.01. The lowest BCUT2D eigenvalue weighted by Crippen LogP contribution is -2.46. The van der Waals surface area contributed by atoms with Gasteiger partial charge in [0.1, 0.15) is 24.6 Å². The molecule has 5 amide bonds. The topological polar surface area (TPSA) is 235 Å². The van der Waals surface area contributed by atoms with Gasteiger partial charge in [0.2, 0.25) is 5.91 Å². The number of nitrogens with two attached hydrogens (primary N) is 2. The smallest absolute Gasteiger partial charge is 0.407 e. The van der Waals surface area contributed by atoms with E-state index in [1.807, 2.05) is 92.7 Å². The summed E-state index contributed by atoms with van der Waals surface area (Å²) in [5, 5.41) is 12.0. The predicted octanol–water partition coefficient (Wildman–Crippen LogP) is 9.51. The van der Waals surface area contributed by atoms with Crippen LogP contribution in [0.3, 0.4) is 0 Å². The highest BCUT2D eigenvalue weighted by Gasteiger charge is 2.32. The molecule has 16 nitrogen and oxygen atoms in total. The van der Waals surface area contributed by atoms with Crippen LogP contribution in [-0.4, -0.2) is 63.6 Å². The number of hydrogen-bond acceptors (Lipinski definition) is 10. The second-order valence-electron chi connectivity index (χ2n) is 18.9. The number of urea groups is 1. The fraction of sp³-hybridized carbons (Fsp3) is 0.316. The first-order valence-electron chi connectivity index (χ1n) is 25.0. The van der Waals surface area contributed by atoms with E-state index in [0.29, 0.717) is 35.6 Å². The molecule has 0 unspecified atom stereocenters. The molecule has 0 radical (unpaired) electrons. The number of anilines is 2. The summed E-state index contributed by atoms with van der Waals surface area (Å²) in [6.45, 7) is 6.95. The second kappa shape index (κ2) is 23.8. The van der Waals surface area contributed by atoms with Crippen molar-refractivity contribution >= 4 is 63.3 Å². The Morgan fingerprint density at radius 1 is 0.740 bits per heavy atom. The van der Waals surface area contributed by atoms with Crippen molar-refractivity contribution in [1.82, 2.24) is 30.5 Å². The molecule has 0 fully saturated rings. The summed E-state index contributed by atoms with van der Waals surface area (Å²) in [7, 11) is 0. The molecule has 0 saturated carbocycles. The highest BCUT2D eigenvalue weighted by atomic mass is 16.6. The van der Waals surface area contributed by atoms with Gasteiger partial charge in [-0.3, -0.25) is 9.59 Å². The number of alkyl carbamates (subject to hydrolysis) is 2. The standard InChI is InChI=1S/C57H63N9O7/c1-4-5-20-49-64-51-52(45-18-10-11-19-47(45)63-53(51)58)66(49)32-37-23-21-36(22-24-37)31-61-56(70)72-33-38-25-27-40(28-26-38)62-54(68)39(13-12-29-60-55(59)69)30-48(67)50(35(2)3)65-57(71)73-34-46-43-16-8-6-14-41(43)42-15-7-9-17-44(42)46/h6-11,14-19,21-28,35,39,46,50H,4-5,12-13,20,29-34H2,1-3H3,(H2,58,63)(H,61,70)(H,62,68)(H,65,71)(H3,59,60,69)/t39-,50+/m1/s1. The second-order valence-corrected chi connectivity index (χ2v) is 18.9. The molecule has 0 aliphatic heterocycles. The molecule has 5 aromatic carbocycles. The maximum Gasteiger partial charge on any atom is 0.407 e. The van der Waals surface area contributed by atoms with Crippen LogP contribution in [0, 0.1) is 11.8 Å². The van der Waals surface area contributed by atoms with E-state index in [1.54, 1.807) is 24.3 Å². The summed E-state index contributed by atoms with van der Waals surface area (Å²) in [4.78, 5) is 74.7. The maximum atomic E-state index is 13.9. The van der Waals surface area contributed by atoms with Crippen molar-refractivity contribution in [3.8, 4) is 11.1 Å². The van der Waals surface area contributed by atoms with Gasteiger partial charge < -0.3 is 46.8 Å². The number of para-hydroxylation sites is 1. The maximum absolute atomic E-state index is 13.9. The zero-order valence-corrected chi connectivity index (χ0v) is 41.5. The number of ether oxygens (including phenoxy) is 2. The van der Waals surface area contributed by atoms with E-state index < -0.39 is 36.1 Å². The Balaban J connectivity index is 0.821. The van der Waals surface area contributed by atoms with Gasteiger partial charge in [0, 0.05) is 55.4 Å². The summed E-state index contributed by atoms with van der Waals surface area (Å²) in [6, 6.07) is 37.3. The number of nitrogen functional groups attached to an aromatic ring is 1. The predicted molar refractivity (Wildman–Crippen MR) is 282 cm³/mol. The number of carbonyl (C=O) groups excluding carboxylic acids is 5. The van der Waals surface area contributed by atoms with Gasteiger partial charge in [0.25, 0.3) is 0 Å². The minimum atomic E-state index is -0.920. The SMILES string of the molecule is CCCCc1nc2c(N)nc3ccccc3c2n1Cc1ccc(CNC(=O)OCc2ccc(NC(=O)[C@H](CCCNC(N)=O)CC(=O)[C@@H](NC(=O)OCC3c4ccccc4-c4ccccc43)C(C)C)cc2)cc1. The van der Waals surface area contributed by atoms with Crippen LogP contribution in [0.25, 0.3) is 33.1 Å². The minimum absolute atomic E-state index is 0.00973. The summed E-state index contributed by atoms with van der Waals surface area (Å²) in [5.41, 5.74) is 21.7. The van der Waals surface area contributed by atoms with E-state index in [2.05, 4.69) is 55.9 Å². The van der Waals surface area contributed by atoms with Crippen LogP contribution in [-0.2, 0) is 45.2 Å². The van der Waals surface area contributed by atoms with Crippen molar-refractivity contribution in [2.45, 2.75) is 91.0 Å². The number of imidazole rings is 1. The van der Waals surface area contributed by atoms with Crippen LogP contribution >= 0.6 is 0 Å². The molecule has 2 aromatic heterocycles. The Hall–Kier alpha value is -8.27. The first-order valence-corrected chi connectivity index (χ1v) is 25.0. The first-order chi connectivity index (χ1) is 35.4. The lowest BCUT2D eigenvalue weighted by molar-refractivity contribution is -0.128. The number of nitrogens with zero attached hydrogens (tertiary/aromatic N) is 3. The molecule has 7 aromatic rings. The Labute approximate surface area is 424 Å². The lowest BCUT2D eigenvalue weighted by Gasteiger charge is -2.24. The molecule has 8 N–H and O–H groups in total. The number of aromatic nitrogens is 3. The third-order valence-electron chi connectivity index (χ3n) is 13.3. The number of carbonyl (C=O) groups is 5. The fourth-order valence-corrected chi connectivity index (χ4v) is 9.49. The lowest BCUT2D eigenvalue weighted by atomic mass is 9.89. The first kappa shape index (κ1) is 51.1. The van der Waals surface area contributed by atoms with E-state index in [4.69, 9.17) is 25.9 Å². The molecule has 0 saturated heterocycles. The van der Waals surface area contributed by atoms with Crippen molar-refractivity contribution in [2.75, 3.05) is 24.2 Å². The van der Waals surface area contributed by atoms with Gasteiger partial charge in [-0.2, -0.15) is 0 Å². The van der Waals surface area contributed by atoms with Crippen molar-refractivity contribution in [3.63, 3.8) is 0 Å². The van der Waals surface area contributed by atoms with Gasteiger partial charge in [-0.1, -0.05) is 130 Å². The number of amides is 5. The monoisotopic (exact) mass is 985 g/mol. The molecule has 8 rings (SSSR count). The number of benzene rings is 5. The van der Waals surface area contributed by atoms with Crippen LogP contribution in [0.15, 0.2) is 121 Å². The Morgan fingerprint density at radius 2 is 1.40 bits per heavy atom. The van der Waals surface area contributed by atoms with Crippen molar-refractivity contribution < 1.29 is 33.4 Å². The largest absolute Gasteiger partial charge is 0.449 e. The number of pyridine rings is 1. The number of primary amides is 1. The van der Waals surface area contributed by atoms with Gasteiger partial charge in [-0.25, -0.2) is 24.4 Å². The van der Waals surface area contributed by atoms with Crippen molar-refractivity contribution in [1.29, 1.82) is 0 Å². The number of hydrogen-bond donors (Lipinski definition) is 6. The van der Waals surface area contributed by atoms with E-state index in [0.717, 1.165) is 74.9 Å². The summed E-state index contributed by atoms with van der Waals surface area (Å²) >= 11 is 0. The molecule has 73 heavy (non-hydrogen) atoms. The Kier molecular flexibility index (Phi) is 16.6. The fourth-order valence-electron chi connectivity index (χ4n) is 9.49. The van der Waals surface area contributed by atoms with E-state index in [-0.39, 0.29) is 56.8 Å². The normalized spacial score (nSPS) is 12.7. The third-order valence-corrected chi connectivity index (χ3v) is 13.3. The Morgan fingerprint density at radius 3 is 2.08 bits per heavy atom. The van der Waals surface area contributed by atoms with Gasteiger partial charge in [0.05, 0.1) is 17.1 Å². The molecular formula is C57H63N9O7. The molecule has 16 heteroatoms. The van der Waals surface area contributed by atoms with Gasteiger partial charge in [0.15, 0.2) is 11.6 Å². The zero-order chi connectivity index (χ0) is 51.4. The number of nitrogens with one attached hydrogen (secondary N) is 4. The molecule has 1 aliphatic carbocycles. The van der Waals surface area contributed by atoms with Gasteiger partial charge in [-0.05, 0) is 82.3 Å². The summed E-state index contributed by atoms with van der Waals surface area (Å²) < 4.78 is 13.5. The number of Topliss-reactive ketones (excluding diaryl/α,β-unsaturated/α-hetero) is 1. The molecular weight excluding hydrogens is 923 g/mol. The van der Waals surface area contributed by atoms with E-state index in [1.165, 1.54) is 0 Å². The van der Waals surface area contributed by atoms with E-state index >= 15 is 0 Å². The summed E-state index contributed by atoms with van der Waals surface area (Å²) in [5.74, 6) is -0.600. The average Bonchev–Trinajstić information content (AvgIpc) is 3.92. The average molecular weight is 986 g/mol. The zero-order valence-electron chi connectivity index (χ0n) is 41.5. The highest BCUT2D eigenvalue weighted by molar-refractivity contribution is 6.06. The van der Waals surface area contributed by atoms with Crippen LogP contribution in [0.1, 0.15) is 92.4 Å². The number of aryl methyl sites for hydroxylation is 1. The Bertz CT molecular complexity index is 3050. The molecule has 2 atom stereocenters. The van der Waals surface area contributed by atoms with E-state index in [9.17, 15) is 24.0 Å². The van der Waals surface area contributed by atoms with Crippen LogP contribution in [0.5, 0.6) is 0 Å². The van der Waals surface area contributed by atoms with Crippen molar-refractivity contribution in [2.24, 2.45) is 17.6 Å².